The Balaban J connectivity index is 1.82. The second-order valence-corrected chi connectivity index (χ2v) is 8.30. The highest BCUT2D eigenvalue weighted by Gasteiger charge is 2.24. The maximum Gasteiger partial charge on any atom is 0.274 e. The van der Waals surface area contributed by atoms with Gasteiger partial charge in [0.15, 0.2) is 0 Å². The second kappa shape index (κ2) is 10.6. The van der Waals surface area contributed by atoms with Crippen molar-refractivity contribution in [3.63, 3.8) is 0 Å². The molecule has 0 aliphatic heterocycles. The van der Waals surface area contributed by atoms with Gasteiger partial charge in [-0.05, 0) is 87.8 Å². The third-order valence-corrected chi connectivity index (χ3v) is 5.76. The van der Waals surface area contributed by atoms with E-state index in [1.807, 2.05) is 6.07 Å². The van der Waals surface area contributed by atoms with Gasteiger partial charge in [0.25, 0.3) is 5.91 Å². The molecule has 1 saturated carbocycles. The van der Waals surface area contributed by atoms with E-state index >= 15 is 0 Å². The summed E-state index contributed by atoms with van der Waals surface area (Å²) in [6, 6.07) is 6.70. The standard InChI is InChI=1S/C25H29F2N3O2/c1-15(13-16(2)26)24(27)17(3)21-5-4-6-22(29-21)25(32)30-23-14-28-12-11-20(23)18-7-9-19(31)10-8-18/h4-6,11-14,16,18-19,31H,7-10H2,1-3H3,(H,30,32)/b15-13-,24-17-/t16?,18-,19+. The third-order valence-electron chi connectivity index (χ3n) is 5.76. The lowest BCUT2D eigenvalue weighted by Gasteiger charge is -2.27. The number of hydrogen-bond donors (Lipinski definition) is 2. The lowest BCUT2D eigenvalue weighted by molar-refractivity contribution is 0.102. The first-order valence-corrected chi connectivity index (χ1v) is 10.9. The average Bonchev–Trinajstić information content (AvgIpc) is 2.78. The molecule has 1 unspecified atom stereocenters. The van der Waals surface area contributed by atoms with Gasteiger partial charge < -0.3 is 10.4 Å². The van der Waals surface area contributed by atoms with Gasteiger partial charge in [-0.25, -0.2) is 13.8 Å². The molecule has 1 atom stereocenters. The Morgan fingerprint density at radius 1 is 1.19 bits per heavy atom. The second-order valence-electron chi connectivity index (χ2n) is 8.30. The number of rotatable bonds is 6. The highest BCUT2D eigenvalue weighted by Crippen LogP contribution is 2.36. The van der Waals surface area contributed by atoms with Crippen LogP contribution in [0.2, 0.25) is 0 Å². The van der Waals surface area contributed by atoms with Gasteiger partial charge in [0, 0.05) is 11.8 Å². The van der Waals surface area contributed by atoms with Crippen LogP contribution in [0.25, 0.3) is 5.57 Å². The molecule has 7 heteroatoms. The van der Waals surface area contributed by atoms with E-state index < -0.39 is 17.9 Å². The Labute approximate surface area is 187 Å². The van der Waals surface area contributed by atoms with E-state index in [0.717, 1.165) is 31.2 Å². The van der Waals surface area contributed by atoms with Crippen LogP contribution >= 0.6 is 0 Å². The van der Waals surface area contributed by atoms with Crippen molar-refractivity contribution in [1.82, 2.24) is 9.97 Å². The van der Waals surface area contributed by atoms with Crippen molar-refractivity contribution in [2.45, 2.75) is 64.6 Å². The van der Waals surface area contributed by atoms with Gasteiger partial charge in [-0.15, -0.1) is 0 Å². The molecule has 0 saturated heterocycles. The molecule has 0 spiro atoms. The number of amides is 1. The first-order valence-electron chi connectivity index (χ1n) is 10.9. The fourth-order valence-corrected chi connectivity index (χ4v) is 4.03. The van der Waals surface area contributed by atoms with Crippen molar-refractivity contribution in [3.8, 4) is 0 Å². The molecule has 170 valence electrons. The summed E-state index contributed by atoms with van der Waals surface area (Å²) in [6.45, 7) is 4.38. The van der Waals surface area contributed by atoms with Crippen LogP contribution in [0.4, 0.5) is 14.5 Å². The van der Waals surface area contributed by atoms with Gasteiger partial charge >= 0.3 is 0 Å². The Morgan fingerprint density at radius 3 is 2.56 bits per heavy atom. The smallest absolute Gasteiger partial charge is 0.274 e. The number of aromatic nitrogens is 2. The molecule has 3 rings (SSSR count). The topological polar surface area (TPSA) is 75.1 Å². The predicted molar refractivity (Wildman–Crippen MR) is 122 cm³/mol. The first-order chi connectivity index (χ1) is 15.3. The minimum absolute atomic E-state index is 0.143. The molecule has 0 aromatic carbocycles. The van der Waals surface area contributed by atoms with Crippen molar-refractivity contribution in [3.05, 3.63) is 71.1 Å². The third kappa shape index (κ3) is 5.85. The number of carbonyl (C=O) groups is 1. The summed E-state index contributed by atoms with van der Waals surface area (Å²) in [7, 11) is 0. The number of halogens is 2. The van der Waals surface area contributed by atoms with Crippen LogP contribution in [0.5, 0.6) is 0 Å². The Morgan fingerprint density at radius 2 is 1.88 bits per heavy atom. The maximum atomic E-state index is 14.7. The zero-order chi connectivity index (χ0) is 23.3. The number of hydrogen-bond acceptors (Lipinski definition) is 4. The predicted octanol–water partition coefficient (Wildman–Crippen LogP) is 5.75. The summed E-state index contributed by atoms with van der Waals surface area (Å²) in [5.41, 5.74) is 2.47. The minimum atomic E-state index is -1.26. The van der Waals surface area contributed by atoms with Crippen LogP contribution in [0, 0.1) is 0 Å². The largest absolute Gasteiger partial charge is 0.393 e. The van der Waals surface area contributed by atoms with Crippen molar-refractivity contribution >= 4 is 17.2 Å². The molecule has 2 aromatic rings. The highest BCUT2D eigenvalue weighted by molar-refractivity contribution is 6.03. The van der Waals surface area contributed by atoms with Crippen molar-refractivity contribution in [2.24, 2.45) is 0 Å². The first kappa shape index (κ1) is 23.7. The van der Waals surface area contributed by atoms with Crippen molar-refractivity contribution in [1.29, 1.82) is 0 Å². The summed E-state index contributed by atoms with van der Waals surface area (Å²) >= 11 is 0. The van der Waals surface area contributed by atoms with E-state index in [1.165, 1.54) is 19.9 Å². The van der Waals surface area contributed by atoms with Crippen LogP contribution in [0.15, 0.2) is 54.1 Å². The zero-order valence-electron chi connectivity index (χ0n) is 18.6. The molecule has 2 N–H and O–H groups in total. The summed E-state index contributed by atoms with van der Waals surface area (Å²) in [4.78, 5) is 21.4. The highest BCUT2D eigenvalue weighted by atomic mass is 19.1. The number of alkyl halides is 1. The molecule has 2 heterocycles. The molecule has 32 heavy (non-hydrogen) atoms. The SMILES string of the molecule is CC(=C/C(C)F)/C(F)=C(\C)c1cccc(C(=O)Nc2cnccc2[C@H]2CC[C@@H](O)CC2)n1. The van der Waals surface area contributed by atoms with Gasteiger partial charge in [0.05, 0.1) is 23.7 Å². The lowest BCUT2D eigenvalue weighted by Crippen LogP contribution is -2.20. The van der Waals surface area contributed by atoms with Crippen LogP contribution in [-0.2, 0) is 0 Å². The molecular formula is C25H29F2N3O2. The number of nitrogens with zero attached hydrogens (tertiary/aromatic N) is 2. The molecule has 1 aliphatic carbocycles. The molecular weight excluding hydrogens is 412 g/mol. The quantitative estimate of drug-likeness (QED) is 0.560. The van der Waals surface area contributed by atoms with Crippen LogP contribution < -0.4 is 5.32 Å². The minimum Gasteiger partial charge on any atom is -0.393 e. The Hall–Kier alpha value is -2.93. The monoisotopic (exact) mass is 441 g/mol. The van der Waals surface area contributed by atoms with Gasteiger partial charge in [-0.1, -0.05) is 6.07 Å². The summed E-state index contributed by atoms with van der Waals surface area (Å²) in [6.07, 6.45) is 6.13. The number of pyridine rings is 2. The van der Waals surface area contributed by atoms with Crippen LogP contribution in [0.3, 0.4) is 0 Å². The maximum absolute atomic E-state index is 14.7. The fraction of sp³-hybridized carbons (Fsp3) is 0.400. The van der Waals surface area contributed by atoms with E-state index in [2.05, 4.69) is 15.3 Å². The van der Waals surface area contributed by atoms with Gasteiger partial charge in [0.1, 0.15) is 17.7 Å². The average molecular weight is 442 g/mol. The van der Waals surface area contributed by atoms with E-state index in [9.17, 15) is 18.7 Å². The number of carbonyl (C=O) groups excluding carboxylic acids is 1. The molecule has 0 radical (unpaired) electrons. The van der Waals surface area contributed by atoms with E-state index in [1.54, 1.807) is 37.5 Å². The summed E-state index contributed by atoms with van der Waals surface area (Å²) in [5.74, 6) is -0.744. The Bertz CT molecular complexity index is 1030. The molecule has 1 amide bonds. The molecule has 1 aliphatic rings. The van der Waals surface area contributed by atoms with Crippen molar-refractivity contribution in [2.75, 3.05) is 5.32 Å². The number of allylic oxidation sites excluding steroid dienone is 4. The normalized spacial score (nSPS) is 21.0. The van der Waals surface area contributed by atoms with Gasteiger partial charge in [-0.3, -0.25) is 9.78 Å². The van der Waals surface area contributed by atoms with Gasteiger partial charge in [-0.2, -0.15) is 0 Å². The van der Waals surface area contributed by atoms with E-state index in [4.69, 9.17) is 0 Å². The molecule has 0 bridgehead atoms. The van der Waals surface area contributed by atoms with Gasteiger partial charge in [0.2, 0.25) is 0 Å². The summed E-state index contributed by atoms with van der Waals surface area (Å²) < 4.78 is 27.9. The number of anilines is 1. The number of nitrogens with one attached hydrogen (secondary N) is 1. The van der Waals surface area contributed by atoms with Crippen LogP contribution in [-0.4, -0.2) is 33.3 Å². The number of aliphatic hydroxyl groups is 1. The van der Waals surface area contributed by atoms with E-state index in [0.29, 0.717) is 11.4 Å². The lowest BCUT2D eigenvalue weighted by atomic mass is 9.82. The van der Waals surface area contributed by atoms with Crippen LogP contribution in [0.1, 0.15) is 74.1 Å². The molecule has 5 nitrogen and oxygen atoms in total. The Kier molecular flexibility index (Phi) is 7.85. The number of aliphatic hydroxyl groups excluding tert-OH is 1. The van der Waals surface area contributed by atoms with Crippen molar-refractivity contribution < 1.29 is 18.7 Å². The van der Waals surface area contributed by atoms with E-state index in [-0.39, 0.29) is 28.9 Å². The summed E-state index contributed by atoms with van der Waals surface area (Å²) in [5, 5.41) is 12.7. The zero-order valence-corrected chi connectivity index (χ0v) is 18.6. The fourth-order valence-electron chi connectivity index (χ4n) is 4.03. The molecule has 1 fully saturated rings. The molecule has 2 aromatic heterocycles.